The van der Waals surface area contributed by atoms with E-state index in [0.29, 0.717) is 11.1 Å². The molecule has 1 heterocycles. The van der Waals surface area contributed by atoms with Crippen LogP contribution in [0.2, 0.25) is 5.02 Å². The Labute approximate surface area is 119 Å². The van der Waals surface area contributed by atoms with Gasteiger partial charge in [-0.15, -0.1) is 0 Å². The van der Waals surface area contributed by atoms with Gasteiger partial charge < -0.3 is 9.84 Å². The first kappa shape index (κ1) is 14.3. The number of aliphatic hydroxyl groups is 1. The van der Waals surface area contributed by atoms with Gasteiger partial charge in [0.1, 0.15) is 5.82 Å². The number of rotatable bonds is 3. The molecule has 18 heavy (non-hydrogen) atoms. The number of aliphatic hydroxyl groups excluding tert-OH is 1. The van der Waals surface area contributed by atoms with Crippen molar-refractivity contribution in [2.24, 2.45) is 5.92 Å². The summed E-state index contributed by atoms with van der Waals surface area (Å²) in [4.78, 5) is 0. The molecule has 5 heteroatoms. The van der Waals surface area contributed by atoms with E-state index in [2.05, 4.69) is 15.9 Å². The molecule has 1 aromatic carbocycles. The van der Waals surface area contributed by atoms with Gasteiger partial charge in [-0.25, -0.2) is 4.39 Å². The van der Waals surface area contributed by atoms with Crippen molar-refractivity contribution in [1.82, 2.24) is 0 Å². The van der Waals surface area contributed by atoms with Crippen LogP contribution in [0.4, 0.5) is 4.39 Å². The maximum Gasteiger partial charge on any atom is 0.148 e. The van der Waals surface area contributed by atoms with Crippen LogP contribution in [0.5, 0.6) is 0 Å². The first-order valence-electron chi connectivity index (χ1n) is 5.99. The van der Waals surface area contributed by atoms with Gasteiger partial charge in [0.05, 0.1) is 17.2 Å². The zero-order valence-electron chi connectivity index (χ0n) is 10.00. The van der Waals surface area contributed by atoms with Gasteiger partial charge in [0, 0.05) is 22.6 Å². The molecule has 0 amide bonds. The fourth-order valence-electron chi connectivity index (χ4n) is 2.45. The molecule has 3 atom stereocenters. The second kappa shape index (κ2) is 5.87. The summed E-state index contributed by atoms with van der Waals surface area (Å²) in [7, 11) is 0. The van der Waals surface area contributed by atoms with Crippen LogP contribution < -0.4 is 0 Å². The van der Waals surface area contributed by atoms with Crippen LogP contribution in [0.25, 0.3) is 0 Å². The van der Waals surface area contributed by atoms with Crippen molar-refractivity contribution in [2.75, 3.05) is 6.61 Å². The highest BCUT2D eigenvalue weighted by Crippen LogP contribution is 2.38. The lowest BCUT2D eigenvalue weighted by molar-refractivity contribution is 0.0293. The molecule has 2 rings (SSSR count). The van der Waals surface area contributed by atoms with Crippen molar-refractivity contribution in [3.8, 4) is 0 Å². The van der Waals surface area contributed by atoms with Gasteiger partial charge in [-0.05, 0) is 34.8 Å². The van der Waals surface area contributed by atoms with E-state index >= 15 is 0 Å². The van der Waals surface area contributed by atoms with Gasteiger partial charge in [-0.1, -0.05) is 24.6 Å². The summed E-state index contributed by atoms with van der Waals surface area (Å²) < 4.78 is 20.1. The molecule has 0 spiro atoms. The minimum Gasteiger partial charge on any atom is -0.388 e. The van der Waals surface area contributed by atoms with Crippen molar-refractivity contribution in [3.63, 3.8) is 0 Å². The summed E-state index contributed by atoms with van der Waals surface area (Å²) in [5.74, 6) is -0.623. The SMILES string of the molecule is CCC1OCCC1C(O)c1ccc(Br)c(Cl)c1F. The van der Waals surface area contributed by atoms with Gasteiger partial charge >= 0.3 is 0 Å². The third kappa shape index (κ3) is 2.57. The molecule has 0 aliphatic carbocycles. The molecule has 0 bridgehead atoms. The maximum atomic E-state index is 14.0. The molecule has 2 nitrogen and oxygen atoms in total. The standard InChI is InChI=1S/C13H15BrClFO2/c1-2-10-7(5-6-18-10)13(17)8-3-4-9(14)11(15)12(8)16/h3-4,7,10,13,17H,2,5-6H2,1H3. The third-order valence-corrected chi connectivity index (χ3v) is 4.71. The summed E-state index contributed by atoms with van der Waals surface area (Å²) in [6.45, 7) is 2.62. The molecule has 0 saturated carbocycles. The largest absolute Gasteiger partial charge is 0.388 e. The Morgan fingerprint density at radius 1 is 1.61 bits per heavy atom. The summed E-state index contributed by atoms with van der Waals surface area (Å²) in [5.41, 5.74) is 0.247. The number of halogens is 3. The van der Waals surface area contributed by atoms with E-state index in [0.717, 1.165) is 12.8 Å². The van der Waals surface area contributed by atoms with E-state index < -0.39 is 11.9 Å². The third-order valence-electron chi connectivity index (χ3n) is 3.45. The number of hydrogen-bond donors (Lipinski definition) is 1. The van der Waals surface area contributed by atoms with Crippen LogP contribution in [0.3, 0.4) is 0 Å². The van der Waals surface area contributed by atoms with Crippen LogP contribution in [0, 0.1) is 11.7 Å². The van der Waals surface area contributed by atoms with Crippen LogP contribution in [0.1, 0.15) is 31.4 Å². The molecule has 1 aliphatic heterocycles. The quantitative estimate of drug-likeness (QED) is 0.842. The predicted molar refractivity (Wildman–Crippen MR) is 72.2 cm³/mol. The number of benzene rings is 1. The number of ether oxygens (including phenoxy) is 1. The fourth-order valence-corrected chi connectivity index (χ4v) is 2.92. The lowest BCUT2D eigenvalue weighted by atomic mass is 9.89. The topological polar surface area (TPSA) is 29.5 Å². The van der Waals surface area contributed by atoms with Gasteiger partial charge in [0.15, 0.2) is 0 Å². The Morgan fingerprint density at radius 3 is 3.00 bits per heavy atom. The Morgan fingerprint density at radius 2 is 2.33 bits per heavy atom. The van der Waals surface area contributed by atoms with Crippen LogP contribution in [0.15, 0.2) is 16.6 Å². The number of hydrogen-bond acceptors (Lipinski definition) is 2. The summed E-state index contributed by atoms with van der Waals surface area (Å²) >= 11 is 9.00. The van der Waals surface area contributed by atoms with Crippen molar-refractivity contribution in [3.05, 3.63) is 33.0 Å². The van der Waals surface area contributed by atoms with E-state index in [1.54, 1.807) is 12.1 Å². The molecular weight excluding hydrogens is 322 g/mol. The summed E-state index contributed by atoms with van der Waals surface area (Å²) in [5, 5.41) is 10.3. The predicted octanol–water partition coefficient (Wildman–Crippen LogP) is 4.09. The first-order chi connectivity index (χ1) is 8.56. The minimum absolute atomic E-state index is 0.0122. The van der Waals surface area contributed by atoms with Gasteiger partial charge in [-0.2, -0.15) is 0 Å². The van der Waals surface area contributed by atoms with Crippen molar-refractivity contribution in [1.29, 1.82) is 0 Å². The highest BCUT2D eigenvalue weighted by atomic mass is 79.9. The molecule has 0 aromatic heterocycles. The molecule has 0 radical (unpaired) electrons. The molecule has 1 aromatic rings. The smallest absolute Gasteiger partial charge is 0.148 e. The monoisotopic (exact) mass is 336 g/mol. The molecule has 1 aliphatic rings. The normalized spacial score (nSPS) is 25.4. The van der Waals surface area contributed by atoms with Crippen LogP contribution >= 0.6 is 27.5 Å². The Kier molecular flexibility index (Phi) is 4.64. The zero-order valence-corrected chi connectivity index (χ0v) is 12.3. The summed E-state index contributed by atoms with van der Waals surface area (Å²) in [6, 6.07) is 3.22. The molecule has 3 unspecified atom stereocenters. The Bertz CT molecular complexity index is 441. The van der Waals surface area contributed by atoms with Crippen LogP contribution in [-0.4, -0.2) is 17.8 Å². The fraction of sp³-hybridized carbons (Fsp3) is 0.538. The Balaban J connectivity index is 2.28. The van der Waals surface area contributed by atoms with E-state index in [4.69, 9.17) is 16.3 Å². The maximum absolute atomic E-state index is 14.0. The average molecular weight is 338 g/mol. The average Bonchev–Trinajstić information content (AvgIpc) is 2.83. The zero-order chi connectivity index (χ0) is 13.3. The summed E-state index contributed by atoms with van der Waals surface area (Å²) in [6.07, 6.45) is 0.672. The van der Waals surface area contributed by atoms with Crippen molar-refractivity contribution < 1.29 is 14.2 Å². The lowest BCUT2D eigenvalue weighted by Crippen LogP contribution is -2.22. The molecule has 1 saturated heterocycles. The lowest BCUT2D eigenvalue weighted by Gasteiger charge is -2.23. The molecule has 100 valence electrons. The second-order valence-electron chi connectivity index (χ2n) is 4.48. The van der Waals surface area contributed by atoms with E-state index in [-0.39, 0.29) is 22.6 Å². The Hall–Kier alpha value is -0.160. The van der Waals surface area contributed by atoms with E-state index in [1.165, 1.54) is 0 Å². The highest BCUT2D eigenvalue weighted by Gasteiger charge is 2.35. The van der Waals surface area contributed by atoms with Crippen LogP contribution in [-0.2, 0) is 4.74 Å². The van der Waals surface area contributed by atoms with Gasteiger partial charge in [-0.3, -0.25) is 0 Å². The van der Waals surface area contributed by atoms with Crippen molar-refractivity contribution in [2.45, 2.75) is 32.0 Å². The molecular formula is C13H15BrClFO2. The van der Waals surface area contributed by atoms with Gasteiger partial charge in [0.2, 0.25) is 0 Å². The first-order valence-corrected chi connectivity index (χ1v) is 7.16. The van der Waals surface area contributed by atoms with Gasteiger partial charge in [0.25, 0.3) is 0 Å². The van der Waals surface area contributed by atoms with Crippen molar-refractivity contribution >= 4 is 27.5 Å². The second-order valence-corrected chi connectivity index (χ2v) is 5.71. The molecule has 1 fully saturated rings. The molecule has 1 N–H and O–H groups in total. The van der Waals surface area contributed by atoms with E-state index in [1.807, 2.05) is 6.92 Å². The highest BCUT2D eigenvalue weighted by molar-refractivity contribution is 9.10. The van der Waals surface area contributed by atoms with E-state index in [9.17, 15) is 9.50 Å². The minimum atomic E-state index is -0.872.